The van der Waals surface area contributed by atoms with Gasteiger partial charge in [-0.3, -0.25) is 4.90 Å². The summed E-state index contributed by atoms with van der Waals surface area (Å²) in [5.41, 5.74) is 8.00. The molecule has 7 heteroatoms. The van der Waals surface area contributed by atoms with E-state index >= 15 is 0 Å². The molecule has 116 valence electrons. The Bertz CT molecular complexity index is 603. The molecule has 0 fully saturated rings. The Hall–Kier alpha value is -1.86. The van der Waals surface area contributed by atoms with Crippen LogP contribution < -0.4 is 10.5 Å². The molecule has 1 atom stereocenters. The molecule has 0 aromatic carbocycles. The van der Waals surface area contributed by atoms with Gasteiger partial charge in [0, 0.05) is 33.0 Å². The highest BCUT2D eigenvalue weighted by Crippen LogP contribution is 2.31. The maximum atomic E-state index is 6.01. The topological polar surface area (TPSA) is 74.1 Å². The molecular formula is C14H24N6O. The van der Waals surface area contributed by atoms with E-state index in [-0.39, 0.29) is 6.04 Å². The van der Waals surface area contributed by atoms with Crippen molar-refractivity contribution in [1.82, 2.24) is 24.2 Å². The van der Waals surface area contributed by atoms with Crippen molar-refractivity contribution < 1.29 is 4.74 Å². The van der Waals surface area contributed by atoms with Gasteiger partial charge in [0.15, 0.2) is 0 Å². The number of aromatic nitrogens is 4. The van der Waals surface area contributed by atoms with Crippen LogP contribution in [0.25, 0.3) is 0 Å². The van der Waals surface area contributed by atoms with Crippen LogP contribution in [0, 0.1) is 6.92 Å². The molecule has 0 saturated heterocycles. The summed E-state index contributed by atoms with van der Waals surface area (Å²) >= 11 is 0. The van der Waals surface area contributed by atoms with Gasteiger partial charge in [0.05, 0.1) is 31.0 Å². The molecule has 21 heavy (non-hydrogen) atoms. The standard InChI is InChI=1S/C14H24N6O/c1-10-13(14(21-5)20(4)17-10)11(8-15)19(3)9-12-16-6-7-18(12)2/h6-7,11H,8-9,15H2,1-5H3. The van der Waals surface area contributed by atoms with Gasteiger partial charge in [0.1, 0.15) is 5.82 Å². The van der Waals surface area contributed by atoms with Gasteiger partial charge in [-0.15, -0.1) is 0 Å². The number of likely N-dealkylation sites (N-methyl/N-ethyl adjacent to an activating group) is 1. The van der Waals surface area contributed by atoms with Crippen molar-refractivity contribution in [3.63, 3.8) is 0 Å². The van der Waals surface area contributed by atoms with E-state index in [0.717, 1.165) is 23.0 Å². The lowest BCUT2D eigenvalue weighted by Gasteiger charge is -2.27. The molecule has 2 aromatic rings. The predicted octanol–water partition coefficient (Wildman–Crippen LogP) is 0.602. The van der Waals surface area contributed by atoms with E-state index in [1.165, 1.54) is 0 Å². The number of hydrogen-bond donors (Lipinski definition) is 1. The quantitative estimate of drug-likeness (QED) is 0.844. The lowest BCUT2D eigenvalue weighted by atomic mass is 10.1. The molecule has 0 aliphatic carbocycles. The van der Waals surface area contributed by atoms with Crippen LogP contribution in [0.5, 0.6) is 5.88 Å². The molecule has 2 aromatic heterocycles. The normalized spacial score (nSPS) is 12.9. The lowest BCUT2D eigenvalue weighted by molar-refractivity contribution is 0.227. The van der Waals surface area contributed by atoms with E-state index in [2.05, 4.69) is 15.0 Å². The van der Waals surface area contributed by atoms with Gasteiger partial charge < -0.3 is 15.0 Å². The number of nitrogens with zero attached hydrogens (tertiary/aromatic N) is 5. The minimum Gasteiger partial charge on any atom is -0.481 e. The maximum Gasteiger partial charge on any atom is 0.216 e. The minimum absolute atomic E-state index is 0.0327. The van der Waals surface area contributed by atoms with Crippen LogP contribution >= 0.6 is 0 Å². The third-order valence-electron chi connectivity index (χ3n) is 3.81. The molecule has 0 bridgehead atoms. The fourth-order valence-corrected chi connectivity index (χ4v) is 2.68. The Morgan fingerprint density at radius 2 is 2.14 bits per heavy atom. The molecule has 0 amide bonds. The van der Waals surface area contributed by atoms with Crippen LogP contribution in [0.2, 0.25) is 0 Å². The second-order valence-corrected chi connectivity index (χ2v) is 5.25. The number of hydrogen-bond acceptors (Lipinski definition) is 5. The van der Waals surface area contributed by atoms with E-state index < -0.39 is 0 Å². The zero-order valence-electron chi connectivity index (χ0n) is 13.4. The summed E-state index contributed by atoms with van der Waals surface area (Å²) in [5.74, 6) is 1.76. The number of nitrogens with two attached hydrogens (primary N) is 1. The highest BCUT2D eigenvalue weighted by molar-refractivity contribution is 5.34. The van der Waals surface area contributed by atoms with Crippen LogP contribution in [0.1, 0.15) is 23.1 Å². The summed E-state index contributed by atoms with van der Waals surface area (Å²) in [7, 11) is 7.57. The Balaban J connectivity index is 2.29. The van der Waals surface area contributed by atoms with E-state index in [9.17, 15) is 0 Å². The smallest absolute Gasteiger partial charge is 0.216 e. The SMILES string of the molecule is COc1c(C(CN)N(C)Cc2nccn2C)c(C)nn1C. The van der Waals surface area contributed by atoms with Gasteiger partial charge >= 0.3 is 0 Å². The Labute approximate surface area is 125 Å². The van der Waals surface area contributed by atoms with Crippen molar-refractivity contribution in [3.8, 4) is 5.88 Å². The molecule has 0 aliphatic rings. The van der Waals surface area contributed by atoms with Gasteiger partial charge in [-0.1, -0.05) is 0 Å². The van der Waals surface area contributed by atoms with E-state index in [0.29, 0.717) is 13.1 Å². The average molecular weight is 292 g/mol. The summed E-state index contributed by atoms with van der Waals surface area (Å²) in [6, 6.07) is 0.0327. The number of ether oxygens (including phenoxy) is 1. The maximum absolute atomic E-state index is 6.01. The Morgan fingerprint density at radius 1 is 1.43 bits per heavy atom. The van der Waals surface area contributed by atoms with Crippen LogP contribution in [0.15, 0.2) is 12.4 Å². The third kappa shape index (κ3) is 2.93. The first-order valence-electron chi connectivity index (χ1n) is 6.93. The van der Waals surface area contributed by atoms with Crippen LogP contribution in [-0.4, -0.2) is 44.9 Å². The first kappa shape index (κ1) is 15.5. The molecule has 0 saturated carbocycles. The molecule has 0 spiro atoms. The summed E-state index contributed by atoms with van der Waals surface area (Å²) in [6.45, 7) is 3.18. The Kier molecular flexibility index (Phi) is 4.64. The lowest BCUT2D eigenvalue weighted by Crippen LogP contribution is -2.31. The highest BCUT2D eigenvalue weighted by atomic mass is 16.5. The zero-order chi connectivity index (χ0) is 15.6. The predicted molar refractivity (Wildman–Crippen MR) is 81.0 cm³/mol. The van der Waals surface area contributed by atoms with Gasteiger partial charge in [-0.2, -0.15) is 5.10 Å². The molecular weight excluding hydrogens is 268 g/mol. The molecule has 2 N–H and O–H groups in total. The molecule has 0 aliphatic heterocycles. The second kappa shape index (κ2) is 6.28. The molecule has 7 nitrogen and oxygen atoms in total. The largest absolute Gasteiger partial charge is 0.481 e. The molecule has 2 rings (SSSR count). The monoisotopic (exact) mass is 292 g/mol. The minimum atomic E-state index is 0.0327. The molecule has 0 radical (unpaired) electrons. The van der Waals surface area contributed by atoms with Crippen molar-refractivity contribution in [2.75, 3.05) is 20.7 Å². The van der Waals surface area contributed by atoms with E-state index in [4.69, 9.17) is 10.5 Å². The second-order valence-electron chi connectivity index (χ2n) is 5.25. The summed E-state index contributed by atoms with van der Waals surface area (Å²) in [5, 5.41) is 4.44. The molecule has 1 unspecified atom stereocenters. The number of rotatable bonds is 6. The van der Waals surface area contributed by atoms with E-state index in [1.807, 2.05) is 38.8 Å². The van der Waals surface area contributed by atoms with Gasteiger partial charge in [0.2, 0.25) is 5.88 Å². The van der Waals surface area contributed by atoms with Crippen molar-refractivity contribution in [2.45, 2.75) is 19.5 Å². The molecule has 2 heterocycles. The fraction of sp³-hybridized carbons (Fsp3) is 0.571. The number of imidazole rings is 1. The van der Waals surface area contributed by atoms with Crippen molar-refractivity contribution in [3.05, 3.63) is 29.5 Å². The van der Waals surface area contributed by atoms with Gasteiger partial charge in [-0.25, -0.2) is 9.67 Å². The van der Waals surface area contributed by atoms with Crippen LogP contribution in [-0.2, 0) is 20.6 Å². The summed E-state index contributed by atoms with van der Waals surface area (Å²) in [6.07, 6.45) is 3.74. The van der Waals surface area contributed by atoms with E-state index in [1.54, 1.807) is 18.0 Å². The highest BCUT2D eigenvalue weighted by Gasteiger charge is 2.26. The summed E-state index contributed by atoms with van der Waals surface area (Å²) in [4.78, 5) is 6.54. The van der Waals surface area contributed by atoms with Crippen LogP contribution in [0.3, 0.4) is 0 Å². The Morgan fingerprint density at radius 3 is 2.67 bits per heavy atom. The van der Waals surface area contributed by atoms with Gasteiger partial charge in [-0.05, 0) is 14.0 Å². The first-order valence-corrected chi connectivity index (χ1v) is 6.93. The van der Waals surface area contributed by atoms with Crippen molar-refractivity contribution in [2.24, 2.45) is 19.8 Å². The van der Waals surface area contributed by atoms with Crippen molar-refractivity contribution in [1.29, 1.82) is 0 Å². The van der Waals surface area contributed by atoms with Crippen LogP contribution in [0.4, 0.5) is 0 Å². The van der Waals surface area contributed by atoms with Gasteiger partial charge in [0.25, 0.3) is 0 Å². The number of methoxy groups -OCH3 is 1. The van der Waals surface area contributed by atoms with Crippen molar-refractivity contribution >= 4 is 0 Å². The fourth-order valence-electron chi connectivity index (χ4n) is 2.68. The average Bonchev–Trinajstić information content (AvgIpc) is 2.95. The summed E-state index contributed by atoms with van der Waals surface area (Å²) < 4.78 is 9.25. The zero-order valence-corrected chi connectivity index (χ0v) is 13.4. The third-order valence-corrected chi connectivity index (χ3v) is 3.81. The first-order chi connectivity index (χ1) is 9.99. The number of aryl methyl sites for hydroxylation is 3.